The van der Waals surface area contributed by atoms with Crippen molar-refractivity contribution in [3.63, 3.8) is 0 Å². The second kappa shape index (κ2) is 5.88. The molecule has 0 aliphatic carbocycles. The van der Waals surface area contributed by atoms with Gasteiger partial charge in [0.05, 0.1) is 5.75 Å². The number of aromatic amines is 1. The number of hydrogen-bond acceptors (Lipinski definition) is 5. The molecule has 0 saturated carbocycles. The smallest absolute Gasteiger partial charge is 0.313 e. The molecule has 8 heteroatoms. The highest BCUT2D eigenvalue weighted by Crippen LogP contribution is 2.22. The Morgan fingerprint density at radius 2 is 2.05 bits per heavy atom. The van der Waals surface area contributed by atoms with Gasteiger partial charge in [-0.25, -0.2) is 9.78 Å². The van der Waals surface area contributed by atoms with Gasteiger partial charge in [-0.2, -0.15) is 0 Å². The Morgan fingerprint density at radius 1 is 1.38 bits per heavy atom. The van der Waals surface area contributed by atoms with Crippen LogP contribution < -0.4 is 11.2 Å². The first-order valence-electron chi connectivity index (χ1n) is 6.63. The summed E-state index contributed by atoms with van der Waals surface area (Å²) >= 11 is 1.28. The van der Waals surface area contributed by atoms with Gasteiger partial charge in [-0.3, -0.25) is 19.1 Å². The molecule has 0 unspecified atom stereocenters. The van der Waals surface area contributed by atoms with Gasteiger partial charge in [-0.05, 0) is 12.8 Å². The van der Waals surface area contributed by atoms with Crippen LogP contribution in [0.1, 0.15) is 20.8 Å². The highest BCUT2D eigenvalue weighted by atomic mass is 32.2. The third-order valence-electron chi connectivity index (χ3n) is 2.92. The van der Waals surface area contributed by atoms with Gasteiger partial charge in [0.15, 0.2) is 16.3 Å². The number of nitrogens with zero attached hydrogens (tertiary/aromatic N) is 3. The summed E-state index contributed by atoms with van der Waals surface area (Å²) in [6.45, 7) is 6.16. The molecule has 2 rings (SSSR count). The molecule has 0 fully saturated rings. The van der Waals surface area contributed by atoms with E-state index >= 15 is 0 Å². The quantitative estimate of drug-likeness (QED) is 0.824. The number of aromatic nitrogens is 4. The lowest BCUT2D eigenvalue weighted by atomic mass is 10.2. The van der Waals surface area contributed by atoms with Crippen molar-refractivity contribution in [3.05, 3.63) is 20.8 Å². The third kappa shape index (κ3) is 3.10. The molecular weight excluding hydrogens is 292 g/mol. The van der Waals surface area contributed by atoms with Crippen LogP contribution in [0, 0.1) is 5.92 Å². The van der Waals surface area contributed by atoms with Crippen molar-refractivity contribution in [2.75, 3.05) is 5.75 Å². The predicted molar refractivity (Wildman–Crippen MR) is 81.8 cm³/mol. The number of imidazole rings is 1. The molecule has 0 bridgehead atoms. The number of ketones is 1. The van der Waals surface area contributed by atoms with E-state index in [9.17, 15) is 14.4 Å². The molecule has 2 aromatic rings. The van der Waals surface area contributed by atoms with E-state index < -0.39 is 11.2 Å². The van der Waals surface area contributed by atoms with Crippen molar-refractivity contribution >= 4 is 28.7 Å². The third-order valence-corrected chi connectivity index (χ3v) is 4.05. The number of thioether (sulfide) groups is 1. The van der Waals surface area contributed by atoms with Crippen LogP contribution in [0.5, 0.6) is 0 Å². The first-order valence-corrected chi connectivity index (χ1v) is 7.61. The van der Waals surface area contributed by atoms with Gasteiger partial charge in [0, 0.05) is 13.6 Å². The Kier molecular flexibility index (Phi) is 4.36. The highest BCUT2D eigenvalue weighted by molar-refractivity contribution is 7.99. The van der Waals surface area contributed by atoms with Gasteiger partial charge in [-0.15, -0.1) is 0 Å². The van der Waals surface area contributed by atoms with Crippen LogP contribution in [0.2, 0.25) is 0 Å². The first kappa shape index (κ1) is 15.6. The molecule has 21 heavy (non-hydrogen) atoms. The van der Waals surface area contributed by atoms with Crippen molar-refractivity contribution in [2.24, 2.45) is 13.0 Å². The Balaban J connectivity index is 2.69. The maximum absolute atomic E-state index is 12.1. The number of Topliss-reactive ketones (excluding diaryl/α,β-unsaturated/α-hetero) is 1. The van der Waals surface area contributed by atoms with Crippen LogP contribution in [-0.2, 0) is 18.4 Å². The van der Waals surface area contributed by atoms with Crippen molar-refractivity contribution in [1.82, 2.24) is 19.1 Å². The molecule has 7 nitrogen and oxygen atoms in total. The number of hydrogen-bond donors (Lipinski definition) is 1. The van der Waals surface area contributed by atoms with E-state index in [0.717, 1.165) is 0 Å². The molecule has 0 radical (unpaired) electrons. The van der Waals surface area contributed by atoms with E-state index in [2.05, 4.69) is 9.97 Å². The molecule has 1 N–H and O–H groups in total. The molecule has 0 spiro atoms. The minimum Gasteiger partial charge on any atom is -0.313 e. The Morgan fingerprint density at radius 3 is 2.62 bits per heavy atom. The van der Waals surface area contributed by atoms with Gasteiger partial charge >= 0.3 is 5.69 Å². The van der Waals surface area contributed by atoms with Crippen LogP contribution in [0.4, 0.5) is 0 Å². The van der Waals surface area contributed by atoms with Gasteiger partial charge < -0.3 is 4.57 Å². The molecular formula is C13H18N4O3S. The molecule has 0 aliphatic rings. The zero-order chi connectivity index (χ0) is 15.7. The van der Waals surface area contributed by atoms with Crippen LogP contribution in [0.25, 0.3) is 11.2 Å². The summed E-state index contributed by atoms with van der Waals surface area (Å²) in [7, 11) is 1.56. The Bertz CT molecular complexity index is 800. The summed E-state index contributed by atoms with van der Waals surface area (Å²) in [6, 6.07) is 0. The lowest BCUT2D eigenvalue weighted by Gasteiger charge is -2.10. The molecule has 0 atom stereocenters. The highest BCUT2D eigenvalue weighted by Gasteiger charge is 2.18. The van der Waals surface area contributed by atoms with Crippen molar-refractivity contribution in [2.45, 2.75) is 32.5 Å². The molecule has 2 heterocycles. The summed E-state index contributed by atoms with van der Waals surface area (Å²) in [5, 5.41) is 0.584. The topological polar surface area (TPSA) is 89.8 Å². The number of fused-ring (bicyclic) bond motifs is 1. The number of carbonyl (C=O) groups excluding carboxylic acids is 1. The number of nitrogens with one attached hydrogen (secondary N) is 1. The van der Waals surface area contributed by atoms with Crippen LogP contribution in [-0.4, -0.2) is 30.6 Å². The minimum atomic E-state index is -0.496. The summed E-state index contributed by atoms with van der Waals surface area (Å²) in [5.41, 5.74) is -0.229. The molecule has 0 aliphatic heterocycles. The van der Waals surface area contributed by atoms with Gasteiger partial charge in [-0.1, -0.05) is 25.6 Å². The number of carbonyl (C=O) groups is 1. The first-order chi connectivity index (χ1) is 9.81. The summed E-state index contributed by atoms with van der Waals surface area (Å²) in [5.74, 6) is 0.620. The van der Waals surface area contributed by atoms with E-state index in [4.69, 9.17) is 0 Å². The zero-order valence-corrected chi connectivity index (χ0v) is 13.3. The number of aryl methyl sites for hydroxylation is 1. The summed E-state index contributed by atoms with van der Waals surface area (Å²) < 4.78 is 3.09. The fourth-order valence-corrected chi connectivity index (χ4v) is 2.83. The van der Waals surface area contributed by atoms with E-state index in [1.165, 1.54) is 23.3 Å². The van der Waals surface area contributed by atoms with Crippen molar-refractivity contribution in [3.8, 4) is 0 Å². The SMILES string of the molecule is CC(=O)CSc1nc2c(c(=O)[nH]c(=O)n2C)n1CC(C)C. The molecule has 114 valence electrons. The average molecular weight is 310 g/mol. The molecule has 0 aromatic carbocycles. The average Bonchev–Trinajstić information content (AvgIpc) is 2.72. The van der Waals surface area contributed by atoms with E-state index in [0.29, 0.717) is 28.8 Å². The van der Waals surface area contributed by atoms with E-state index in [1.54, 1.807) is 11.6 Å². The molecule has 0 amide bonds. The van der Waals surface area contributed by atoms with Crippen molar-refractivity contribution in [1.29, 1.82) is 0 Å². The second-order valence-electron chi connectivity index (χ2n) is 5.38. The van der Waals surface area contributed by atoms with Crippen LogP contribution in [0.15, 0.2) is 14.7 Å². The van der Waals surface area contributed by atoms with Gasteiger partial charge in [0.25, 0.3) is 5.56 Å². The van der Waals surface area contributed by atoms with Gasteiger partial charge in [0.2, 0.25) is 0 Å². The minimum absolute atomic E-state index is 0.0333. The van der Waals surface area contributed by atoms with Crippen LogP contribution in [0.3, 0.4) is 0 Å². The predicted octanol–water partition coefficient (Wildman–Crippen LogP) is 0.760. The zero-order valence-electron chi connectivity index (χ0n) is 12.5. The standard InChI is InChI=1S/C13H18N4O3S/c1-7(2)5-17-9-10(14-13(17)21-6-8(3)18)16(4)12(20)15-11(9)19/h7H,5-6H2,1-4H3,(H,15,19,20). The normalized spacial score (nSPS) is 11.5. The molecule has 2 aromatic heterocycles. The largest absolute Gasteiger partial charge is 0.329 e. The Hall–Kier alpha value is -1.83. The van der Waals surface area contributed by atoms with Gasteiger partial charge in [0.1, 0.15) is 5.78 Å². The molecule has 0 saturated heterocycles. The Labute approximate surface area is 125 Å². The van der Waals surface area contributed by atoms with Crippen molar-refractivity contribution < 1.29 is 4.79 Å². The monoisotopic (exact) mass is 310 g/mol. The maximum Gasteiger partial charge on any atom is 0.329 e. The lowest BCUT2D eigenvalue weighted by Crippen LogP contribution is -2.29. The summed E-state index contributed by atoms with van der Waals surface area (Å²) in [4.78, 5) is 41.6. The fourth-order valence-electron chi connectivity index (χ4n) is 2.03. The maximum atomic E-state index is 12.1. The number of rotatable bonds is 5. The summed E-state index contributed by atoms with van der Waals surface area (Å²) in [6.07, 6.45) is 0. The fraction of sp³-hybridized carbons (Fsp3) is 0.538. The van der Waals surface area contributed by atoms with E-state index in [1.807, 2.05) is 13.8 Å². The van der Waals surface area contributed by atoms with Crippen LogP contribution >= 0.6 is 11.8 Å². The lowest BCUT2D eigenvalue weighted by molar-refractivity contribution is -0.114. The van der Waals surface area contributed by atoms with E-state index in [-0.39, 0.29) is 11.5 Å². The second-order valence-corrected chi connectivity index (χ2v) is 6.32. The number of H-pyrrole nitrogens is 1.